The number of amides is 1. The van der Waals surface area contributed by atoms with Gasteiger partial charge in [0.05, 0.1) is 25.4 Å². The van der Waals surface area contributed by atoms with Gasteiger partial charge in [-0.25, -0.2) is 0 Å². The summed E-state index contributed by atoms with van der Waals surface area (Å²) < 4.78 is 11.3. The smallest absolute Gasteiger partial charge is 0.220 e. The third kappa shape index (κ3) is 41.4. The molecule has 9 nitrogen and oxygen atoms in total. The fourth-order valence-electron chi connectivity index (χ4n) is 9.72. The maximum atomic E-state index is 13.1. The lowest BCUT2D eigenvalue weighted by atomic mass is 9.99. The van der Waals surface area contributed by atoms with E-state index in [1.165, 1.54) is 225 Å². The van der Waals surface area contributed by atoms with E-state index in [4.69, 9.17) is 9.47 Å². The van der Waals surface area contributed by atoms with E-state index in [-0.39, 0.29) is 12.5 Å². The molecule has 72 heavy (non-hydrogen) atoms. The van der Waals surface area contributed by atoms with E-state index in [0.717, 1.165) is 44.9 Å². The first-order chi connectivity index (χ1) is 35.3. The van der Waals surface area contributed by atoms with Crippen LogP contribution in [0.4, 0.5) is 0 Å². The van der Waals surface area contributed by atoms with Crippen molar-refractivity contribution in [3.05, 3.63) is 48.6 Å². The molecular formula is C63H117NO8. The van der Waals surface area contributed by atoms with Gasteiger partial charge in [-0.1, -0.05) is 262 Å². The van der Waals surface area contributed by atoms with Gasteiger partial charge < -0.3 is 40.3 Å². The van der Waals surface area contributed by atoms with Crippen LogP contribution in [0.2, 0.25) is 0 Å². The van der Waals surface area contributed by atoms with Crippen LogP contribution in [0.3, 0.4) is 0 Å². The first-order valence-electron chi connectivity index (χ1n) is 30.9. The van der Waals surface area contributed by atoms with E-state index in [2.05, 4.69) is 55.6 Å². The molecule has 0 saturated carbocycles. The molecule has 0 aromatic rings. The lowest BCUT2D eigenvalue weighted by Gasteiger charge is -2.40. The fraction of sp³-hybridized carbons (Fsp3) is 0.857. The number of allylic oxidation sites excluding steroid dienone is 7. The minimum atomic E-state index is -1.58. The molecule has 1 aliphatic heterocycles. The van der Waals surface area contributed by atoms with Crippen LogP contribution in [0.15, 0.2) is 48.6 Å². The van der Waals surface area contributed by atoms with Crippen molar-refractivity contribution < 1.29 is 39.8 Å². The van der Waals surface area contributed by atoms with Gasteiger partial charge in [-0.2, -0.15) is 0 Å². The molecule has 1 aliphatic rings. The number of aliphatic hydroxyl groups is 5. The second-order valence-electron chi connectivity index (χ2n) is 21.5. The average Bonchev–Trinajstić information content (AvgIpc) is 3.38. The number of ether oxygens (including phenoxy) is 2. The topological polar surface area (TPSA) is 149 Å². The number of carbonyl (C=O) groups is 1. The number of aliphatic hydroxyl groups excluding tert-OH is 5. The van der Waals surface area contributed by atoms with Crippen LogP contribution in [0.25, 0.3) is 0 Å². The van der Waals surface area contributed by atoms with E-state index in [1.54, 1.807) is 6.08 Å². The summed E-state index contributed by atoms with van der Waals surface area (Å²) >= 11 is 0. The summed E-state index contributed by atoms with van der Waals surface area (Å²) in [5.74, 6) is -0.188. The normalized spacial score (nSPS) is 19.5. The van der Waals surface area contributed by atoms with E-state index in [0.29, 0.717) is 6.42 Å². The van der Waals surface area contributed by atoms with Crippen LogP contribution in [-0.4, -0.2) is 87.5 Å². The van der Waals surface area contributed by atoms with Crippen molar-refractivity contribution in [1.29, 1.82) is 0 Å². The van der Waals surface area contributed by atoms with Gasteiger partial charge in [-0.3, -0.25) is 4.79 Å². The fourth-order valence-corrected chi connectivity index (χ4v) is 9.72. The number of hydrogen-bond acceptors (Lipinski definition) is 8. The molecule has 7 unspecified atom stereocenters. The van der Waals surface area contributed by atoms with Crippen LogP contribution in [0.5, 0.6) is 0 Å². The number of carbonyl (C=O) groups excluding carboxylic acids is 1. The molecule has 0 aromatic heterocycles. The van der Waals surface area contributed by atoms with E-state index < -0.39 is 49.5 Å². The predicted molar refractivity (Wildman–Crippen MR) is 304 cm³/mol. The summed E-state index contributed by atoms with van der Waals surface area (Å²) in [5, 5.41) is 54.5. The highest BCUT2D eigenvalue weighted by atomic mass is 16.7. The van der Waals surface area contributed by atoms with Crippen molar-refractivity contribution in [3.63, 3.8) is 0 Å². The Kier molecular flexibility index (Phi) is 49.8. The molecule has 6 N–H and O–H groups in total. The lowest BCUT2D eigenvalue weighted by molar-refractivity contribution is -0.302. The Morgan fingerprint density at radius 1 is 0.458 bits per heavy atom. The van der Waals surface area contributed by atoms with Crippen LogP contribution in [-0.2, 0) is 14.3 Å². The lowest BCUT2D eigenvalue weighted by Crippen LogP contribution is -2.60. The molecule has 0 spiro atoms. The third-order valence-electron chi connectivity index (χ3n) is 14.6. The maximum Gasteiger partial charge on any atom is 0.220 e. The minimum Gasteiger partial charge on any atom is -0.394 e. The monoisotopic (exact) mass is 1020 g/mol. The molecule has 422 valence electrons. The van der Waals surface area contributed by atoms with Crippen molar-refractivity contribution in [3.8, 4) is 0 Å². The summed E-state index contributed by atoms with van der Waals surface area (Å²) in [6.45, 7) is 3.79. The zero-order chi connectivity index (χ0) is 52.2. The third-order valence-corrected chi connectivity index (χ3v) is 14.6. The Labute approximate surface area is 444 Å². The van der Waals surface area contributed by atoms with Crippen molar-refractivity contribution in [1.82, 2.24) is 5.32 Å². The summed E-state index contributed by atoms with van der Waals surface area (Å²) in [7, 11) is 0. The second-order valence-corrected chi connectivity index (χ2v) is 21.5. The van der Waals surface area contributed by atoms with Crippen molar-refractivity contribution >= 4 is 5.91 Å². The Balaban J connectivity index is 2.21. The number of nitrogens with one attached hydrogen (secondary N) is 1. The SMILES string of the molecule is CCCCCCCCCCCCC/C=C/CC/C=C/CC/C=C/C(O)C(COC1OC(CO)C(O)C(O)C1O)NC(=O)CCCCCCCCCCCCCC/C=C\CCCCCCCCCCCCCC. The largest absolute Gasteiger partial charge is 0.394 e. The van der Waals surface area contributed by atoms with Crippen LogP contribution in [0.1, 0.15) is 290 Å². The van der Waals surface area contributed by atoms with E-state index in [1.807, 2.05) is 6.08 Å². The summed E-state index contributed by atoms with van der Waals surface area (Å²) in [6, 6.07) is -0.829. The molecule has 7 atom stereocenters. The molecule has 1 rings (SSSR count). The molecule has 0 aromatic carbocycles. The molecular weight excluding hydrogens is 899 g/mol. The summed E-state index contributed by atoms with van der Waals surface area (Å²) in [5.41, 5.74) is 0. The van der Waals surface area contributed by atoms with Gasteiger partial charge in [0.15, 0.2) is 6.29 Å². The van der Waals surface area contributed by atoms with Gasteiger partial charge in [-0.05, 0) is 70.6 Å². The second kappa shape index (κ2) is 52.6. The Morgan fingerprint density at radius 3 is 1.17 bits per heavy atom. The molecule has 1 amide bonds. The Morgan fingerprint density at radius 2 is 0.792 bits per heavy atom. The summed E-state index contributed by atoms with van der Waals surface area (Å²) in [6.07, 6.45) is 63.3. The predicted octanol–water partition coefficient (Wildman–Crippen LogP) is 15.7. The van der Waals surface area contributed by atoms with Crippen LogP contribution < -0.4 is 5.32 Å². The maximum absolute atomic E-state index is 13.1. The molecule has 1 heterocycles. The van der Waals surface area contributed by atoms with Gasteiger partial charge in [0, 0.05) is 6.42 Å². The highest BCUT2D eigenvalue weighted by molar-refractivity contribution is 5.76. The van der Waals surface area contributed by atoms with Crippen LogP contribution in [0, 0.1) is 0 Å². The van der Waals surface area contributed by atoms with Crippen molar-refractivity contribution in [2.75, 3.05) is 13.2 Å². The molecule has 9 heteroatoms. The van der Waals surface area contributed by atoms with Crippen molar-refractivity contribution in [2.45, 2.75) is 333 Å². The zero-order valence-electron chi connectivity index (χ0n) is 46.9. The average molecular weight is 1020 g/mol. The van der Waals surface area contributed by atoms with Gasteiger partial charge in [0.2, 0.25) is 5.91 Å². The molecule has 0 aliphatic carbocycles. The minimum absolute atomic E-state index is 0.188. The Bertz CT molecular complexity index is 1270. The first kappa shape index (κ1) is 68.2. The molecule has 0 bridgehead atoms. The molecule has 1 fully saturated rings. The van der Waals surface area contributed by atoms with Crippen molar-refractivity contribution in [2.24, 2.45) is 0 Å². The standard InChI is InChI=1S/C63H117NO8/c1-3-5-7-9-11-13-15-17-19-21-23-25-26-27-28-29-30-31-33-35-37-39-41-43-45-47-49-51-53-59(67)64-56(55-71-63-62(70)61(69)60(68)58(54-65)72-63)57(66)52-50-48-46-44-42-40-38-36-34-32-24-22-20-18-16-14-12-10-8-6-4-2/h27-28,34,36,42,44,50,52,56-58,60-63,65-66,68-70H,3-26,29-33,35,37-41,43,45-49,51,53-55H2,1-2H3,(H,64,67)/b28-27-,36-34+,44-42+,52-50+. The zero-order valence-corrected chi connectivity index (χ0v) is 46.9. The Hall–Kier alpha value is -1.85. The van der Waals surface area contributed by atoms with Gasteiger partial charge in [-0.15, -0.1) is 0 Å². The first-order valence-corrected chi connectivity index (χ1v) is 30.9. The molecule has 1 saturated heterocycles. The van der Waals surface area contributed by atoms with Crippen LogP contribution >= 0.6 is 0 Å². The quantitative estimate of drug-likeness (QED) is 0.0261. The number of hydrogen-bond donors (Lipinski definition) is 6. The number of unbranched alkanes of at least 4 members (excludes halogenated alkanes) is 37. The number of rotatable bonds is 53. The van der Waals surface area contributed by atoms with E-state index in [9.17, 15) is 30.3 Å². The highest BCUT2D eigenvalue weighted by Gasteiger charge is 2.44. The van der Waals surface area contributed by atoms with Gasteiger partial charge >= 0.3 is 0 Å². The summed E-state index contributed by atoms with van der Waals surface area (Å²) in [4.78, 5) is 13.1. The molecule has 0 radical (unpaired) electrons. The van der Waals surface area contributed by atoms with E-state index >= 15 is 0 Å². The van der Waals surface area contributed by atoms with Gasteiger partial charge in [0.25, 0.3) is 0 Å². The van der Waals surface area contributed by atoms with Gasteiger partial charge in [0.1, 0.15) is 24.4 Å². The highest BCUT2D eigenvalue weighted by Crippen LogP contribution is 2.23.